The highest BCUT2D eigenvalue weighted by Gasteiger charge is 2.26. The number of aromatic nitrogens is 2. The molecule has 2 heterocycles. The van der Waals surface area contributed by atoms with E-state index in [1.165, 1.54) is 18.2 Å². The fraction of sp³-hybridized carbons (Fsp3) is 0.214. The summed E-state index contributed by atoms with van der Waals surface area (Å²) < 4.78 is 13.5. The zero-order chi connectivity index (χ0) is 14.8. The third-order valence-electron chi connectivity index (χ3n) is 3.43. The Labute approximate surface area is 120 Å². The summed E-state index contributed by atoms with van der Waals surface area (Å²) in [4.78, 5) is 19.4. The number of fused-ring (bicyclic) bond motifs is 1. The summed E-state index contributed by atoms with van der Waals surface area (Å²) >= 11 is 0. The molecule has 3 N–H and O–H groups in total. The maximum absolute atomic E-state index is 13.5. The van der Waals surface area contributed by atoms with E-state index in [2.05, 4.69) is 20.6 Å². The lowest BCUT2D eigenvalue weighted by atomic mass is 10.0. The van der Waals surface area contributed by atoms with Gasteiger partial charge in [0.15, 0.2) is 0 Å². The van der Waals surface area contributed by atoms with Gasteiger partial charge in [-0.25, -0.2) is 9.37 Å². The van der Waals surface area contributed by atoms with Crippen LogP contribution in [0, 0.1) is 17.1 Å². The monoisotopic (exact) mass is 285 g/mol. The van der Waals surface area contributed by atoms with E-state index in [9.17, 15) is 9.18 Å². The molecule has 3 rings (SSSR count). The molecule has 0 radical (unpaired) electrons. The number of carbonyl (C=O) groups is 1. The lowest BCUT2D eigenvalue weighted by Gasteiger charge is -2.22. The second-order valence-corrected chi connectivity index (χ2v) is 4.73. The number of rotatable bonds is 2. The van der Waals surface area contributed by atoms with Crippen molar-refractivity contribution in [2.75, 3.05) is 5.32 Å². The van der Waals surface area contributed by atoms with E-state index in [1.807, 2.05) is 0 Å². The van der Waals surface area contributed by atoms with E-state index < -0.39 is 11.9 Å². The van der Waals surface area contributed by atoms with Gasteiger partial charge < -0.3 is 10.3 Å². The van der Waals surface area contributed by atoms with Crippen molar-refractivity contribution < 1.29 is 9.18 Å². The summed E-state index contributed by atoms with van der Waals surface area (Å²) in [6.45, 7) is 0.516. The van der Waals surface area contributed by atoms with Crippen LogP contribution < -0.4 is 10.6 Å². The van der Waals surface area contributed by atoms with Gasteiger partial charge in [-0.15, -0.1) is 0 Å². The van der Waals surface area contributed by atoms with Crippen LogP contribution in [-0.4, -0.2) is 21.9 Å². The highest BCUT2D eigenvalue weighted by molar-refractivity contribution is 5.96. The van der Waals surface area contributed by atoms with Crippen molar-refractivity contribution in [1.29, 1.82) is 5.26 Å². The van der Waals surface area contributed by atoms with E-state index in [1.54, 1.807) is 12.4 Å². The molecule has 7 heteroatoms. The molecule has 1 aromatic heterocycles. The van der Waals surface area contributed by atoms with Crippen molar-refractivity contribution in [3.8, 4) is 6.07 Å². The third-order valence-corrected chi connectivity index (χ3v) is 3.43. The number of hydrogen-bond acceptors (Lipinski definition) is 4. The molecule has 1 atom stereocenters. The number of halogens is 1. The lowest BCUT2D eigenvalue weighted by Crippen LogP contribution is -2.44. The molecule has 21 heavy (non-hydrogen) atoms. The van der Waals surface area contributed by atoms with E-state index in [0.717, 1.165) is 11.4 Å². The Kier molecular flexibility index (Phi) is 3.38. The molecule has 6 nitrogen and oxygen atoms in total. The second-order valence-electron chi connectivity index (χ2n) is 4.73. The van der Waals surface area contributed by atoms with Crippen LogP contribution in [0.4, 0.5) is 10.1 Å². The normalized spacial score (nSPS) is 16.9. The predicted molar refractivity (Wildman–Crippen MR) is 72.7 cm³/mol. The van der Waals surface area contributed by atoms with Crippen LogP contribution in [-0.2, 0) is 17.8 Å². The van der Waals surface area contributed by atoms with Crippen molar-refractivity contribution in [1.82, 2.24) is 15.3 Å². The first-order chi connectivity index (χ1) is 10.2. The summed E-state index contributed by atoms with van der Waals surface area (Å²) in [5.74, 6) is -0.966. The van der Waals surface area contributed by atoms with Gasteiger partial charge in [-0.2, -0.15) is 5.26 Å². The van der Waals surface area contributed by atoms with Gasteiger partial charge in [0.1, 0.15) is 17.4 Å². The zero-order valence-corrected chi connectivity index (χ0v) is 11.0. The van der Waals surface area contributed by atoms with Crippen LogP contribution >= 0.6 is 0 Å². The topological polar surface area (TPSA) is 93.6 Å². The van der Waals surface area contributed by atoms with Gasteiger partial charge in [0, 0.05) is 13.0 Å². The van der Waals surface area contributed by atoms with Gasteiger partial charge in [0.05, 0.1) is 29.4 Å². The minimum atomic E-state index is -0.651. The molecule has 1 unspecified atom stereocenters. The molecule has 0 spiro atoms. The number of hydrogen-bond donors (Lipinski definition) is 3. The van der Waals surface area contributed by atoms with Crippen LogP contribution in [0.25, 0.3) is 0 Å². The fourth-order valence-electron chi connectivity index (χ4n) is 2.32. The number of benzene rings is 1. The number of nitriles is 1. The molecule has 1 aliphatic rings. The van der Waals surface area contributed by atoms with Crippen LogP contribution in [0.5, 0.6) is 0 Å². The van der Waals surface area contributed by atoms with Gasteiger partial charge in [-0.3, -0.25) is 10.1 Å². The molecule has 0 fully saturated rings. The quantitative estimate of drug-likeness (QED) is 0.769. The Morgan fingerprint density at radius 1 is 1.52 bits per heavy atom. The van der Waals surface area contributed by atoms with E-state index >= 15 is 0 Å². The Morgan fingerprint density at radius 2 is 2.38 bits per heavy atom. The molecule has 0 saturated carbocycles. The Hall–Kier alpha value is -2.72. The highest BCUT2D eigenvalue weighted by atomic mass is 19.1. The zero-order valence-electron chi connectivity index (χ0n) is 11.0. The van der Waals surface area contributed by atoms with E-state index in [-0.39, 0.29) is 17.2 Å². The van der Waals surface area contributed by atoms with Crippen molar-refractivity contribution >= 4 is 11.6 Å². The fourth-order valence-corrected chi connectivity index (χ4v) is 2.32. The maximum Gasteiger partial charge on any atom is 0.241 e. The molecular formula is C14H12FN5O. The number of imidazole rings is 1. The van der Waals surface area contributed by atoms with Crippen molar-refractivity contribution in [3.05, 3.63) is 47.3 Å². The number of aromatic amines is 1. The largest absolute Gasteiger partial charge is 0.347 e. The number of nitrogens with one attached hydrogen (secondary N) is 3. The smallest absolute Gasteiger partial charge is 0.241 e. The molecule has 1 aromatic carbocycles. The average molecular weight is 285 g/mol. The molecule has 0 aliphatic carbocycles. The first-order valence-electron chi connectivity index (χ1n) is 6.43. The van der Waals surface area contributed by atoms with Gasteiger partial charge in [-0.1, -0.05) is 6.07 Å². The van der Waals surface area contributed by atoms with E-state index in [0.29, 0.717) is 13.0 Å². The molecule has 0 bridgehead atoms. The first kappa shape index (κ1) is 13.3. The number of carbonyl (C=O) groups excluding carboxylic acids is 1. The van der Waals surface area contributed by atoms with Gasteiger partial charge >= 0.3 is 0 Å². The third kappa shape index (κ3) is 2.49. The Bertz CT molecular complexity index is 733. The van der Waals surface area contributed by atoms with Crippen molar-refractivity contribution in [3.63, 3.8) is 0 Å². The molecule has 1 amide bonds. The van der Waals surface area contributed by atoms with E-state index in [4.69, 9.17) is 5.26 Å². The minimum Gasteiger partial charge on any atom is -0.347 e. The molecule has 1 aliphatic heterocycles. The SMILES string of the molecule is N#Cc1c(F)cccc1NC(=O)C1Cc2nc[nH]c2CN1. The molecule has 106 valence electrons. The van der Waals surface area contributed by atoms with Crippen molar-refractivity contribution in [2.45, 2.75) is 19.0 Å². The summed E-state index contributed by atoms with van der Waals surface area (Å²) in [7, 11) is 0. The van der Waals surface area contributed by atoms with Crippen molar-refractivity contribution in [2.24, 2.45) is 0 Å². The van der Waals surface area contributed by atoms with Crippen LogP contribution in [0.1, 0.15) is 17.0 Å². The molecule has 0 saturated heterocycles. The number of H-pyrrole nitrogens is 1. The molecule has 2 aromatic rings. The lowest BCUT2D eigenvalue weighted by molar-refractivity contribution is -0.118. The summed E-state index contributed by atoms with van der Waals surface area (Å²) in [6, 6.07) is 5.43. The Balaban J connectivity index is 1.76. The Morgan fingerprint density at radius 3 is 3.19 bits per heavy atom. The standard InChI is InChI=1S/C14H12FN5O/c15-9-2-1-3-10(8(9)5-16)20-14(21)12-4-11-13(6-17-12)19-7-18-11/h1-3,7,12,17H,4,6H2,(H,18,19)(H,20,21). The van der Waals surface area contributed by atoms with Gasteiger partial charge in [0.25, 0.3) is 0 Å². The summed E-state index contributed by atoms with van der Waals surface area (Å²) in [5.41, 5.74) is 1.82. The second kappa shape index (κ2) is 5.34. The van der Waals surface area contributed by atoms with Gasteiger partial charge in [0.2, 0.25) is 5.91 Å². The number of nitrogens with zero attached hydrogens (tertiary/aromatic N) is 2. The highest BCUT2D eigenvalue weighted by Crippen LogP contribution is 2.19. The van der Waals surface area contributed by atoms with Crippen LogP contribution in [0.2, 0.25) is 0 Å². The number of amides is 1. The van der Waals surface area contributed by atoms with Crippen LogP contribution in [0.3, 0.4) is 0 Å². The van der Waals surface area contributed by atoms with Gasteiger partial charge in [-0.05, 0) is 12.1 Å². The minimum absolute atomic E-state index is 0.165. The predicted octanol–water partition coefficient (Wildman–Crippen LogP) is 1.07. The first-order valence-corrected chi connectivity index (χ1v) is 6.43. The summed E-state index contributed by atoms with van der Waals surface area (Å²) in [5, 5.41) is 14.6. The van der Waals surface area contributed by atoms with Crippen LogP contribution in [0.15, 0.2) is 24.5 Å². The molecular weight excluding hydrogens is 273 g/mol. The summed E-state index contributed by atoms with van der Waals surface area (Å²) in [6.07, 6.45) is 2.04. The average Bonchev–Trinajstić information content (AvgIpc) is 2.94. The maximum atomic E-state index is 13.5. The number of anilines is 1.